The molecule has 0 spiro atoms. The van der Waals surface area contributed by atoms with E-state index in [-0.39, 0.29) is 16.6 Å². The van der Waals surface area contributed by atoms with E-state index in [0.717, 1.165) is 4.47 Å². The Hall–Kier alpha value is -1.59. The molecule has 6 heteroatoms. The van der Waals surface area contributed by atoms with E-state index in [1.807, 2.05) is 19.1 Å². The Morgan fingerprint density at radius 2 is 2.00 bits per heavy atom. The minimum atomic E-state index is -0.376. The maximum Gasteiger partial charge on any atom is 0.275 e. The van der Waals surface area contributed by atoms with Crippen LogP contribution in [0.15, 0.2) is 40.9 Å². The lowest BCUT2D eigenvalue weighted by Gasteiger charge is -2.08. The predicted molar refractivity (Wildman–Crippen MR) is 82.5 cm³/mol. The van der Waals surface area contributed by atoms with Gasteiger partial charge in [-0.2, -0.15) is 0 Å². The molecule has 0 radical (unpaired) electrons. The summed E-state index contributed by atoms with van der Waals surface area (Å²) < 4.78 is 6.20. The number of aromatic nitrogens is 1. The molecule has 2 rings (SSSR count). The molecule has 1 heterocycles. The van der Waals surface area contributed by atoms with Gasteiger partial charge < -0.3 is 10.1 Å². The molecular formula is C14H12BrClN2O2. The predicted octanol–water partition coefficient (Wildman–Crippen LogP) is 4.15. The van der Waals surface area contributed by atoms with Gasteiger partial charge in [-0.3, -0.25) is 4.79 Å². The Morgan fingerprint density at radius 1 is 1.30 bits per heavy atom. The van der Waals surface area contributed by atoms with Crippen LogP contribution in [-0.2, 0) is 0 Å². The molecule has 1 N–H and O–H groups in total. The van der Waals surface area contributed by atoms with Crippen LogP contribution in [0, 0.1) is 0 Å². The molecule has 2 aromatic rings. The van der Waals surface area contributed by atoms with E-state index in [9.17, 15) is 4.79 Å². The first-order valence-corrected chi connectivity index (χ1v) is 7.13. The van der Waals surface area contributed by atoms with Crippen LogP contribution in [0.1, 0.15) is 17.4 Å². The summed E-state index contributed by atoms with van der Waals surface area (Å²) in [6, 6.07) is 10.4. The molecule has 0 aliphatic heterocycles. The summed E-state index contributed by atoms with van der Waals surface area (Å²) in [5.41, 5.74) is 0.804. The molecule has 1 amide bonds. The second-order valence-electron chi connectivity index (χ2n) is 3.87. The average molecular weight is 356 g/mol. The monoisotopic (exact) mass is 354 g/mol. The molecule has 0 aliphatic carbocycles. The molecule has 0 fully saturated rings. The number of pyridine rings is 1. The number of anilines is 1. The number of benzene rings is 1. The Labute approximate surface area is 130 Å². The summed E-state index contributed by atoms with van der Waals surface area (Å²) in [6.45, 7) is 2.32. The van der Waals surface area contributed by atoms with Crippen LogP contribution in [0.2, 0.25) is 5.02 Å². The van der Waals surface area contributed by atoms with Gasteiger partial charge >= 0.3 is 0 Å². The van der Waals surface area contributed by atoms with E-state index >= 15 is 0 Å². The van der Waals surface area contributed by atoms with E-state index in [1.165, 1.54) is 0 Å². The third kappa shape index (κ3) is 3.71. The summed E-state index contributed by atoms with van der Waals surface area (Å²) in [5, 5.41) is 3.01. The third-order valence-electron chi connectivity index (χ3n) is 2.43. The normalized spacial score (nSPS) is 10.2. The quantitative estimate of drug-likeness (QED) is 0.896. The van der Waals surface area contributed by atoms with E-state index in [1.54, 1.807) is 24.3 Å². The van der Waals surface area contributed by atoms with Crippen molar-refractivity contribution in [2.75, 3.05) is 11.9 Å². The van der Waals surface area contributed by atoms with Crippen molar-refractivity contribution in [1.29, 1.82) is 0 Å². The van der Waals surface area contributed by atoms with Crippen LogP contribution < -0.4 is 10.1 Å². The van der Waals surface area contributed by atoms with Crippen LogP contribution in [0.25, 0.3) is 0 Å². The zero-order valence-electron chi connectivity index (χ0n) is 10.7. The number of carbonyl (C=O) groups is 1. The molecule has 0 atom stereocenters. The molecule has 4 nitrogen and oxygen atoms in total. The number of rotatable bonds is 4. The topological polar surface area (TPSA) is 51.2 Å². The number of hydrogen-bond acceptors (Lipinski definition) is 3. The van der Waals surface area contributed by atoms with Crippen molar-refractivity contribution >= 4 is 39.1 Å². The highest BCUT2D eigenvalue weighted by atomic mass is 79.9. The van der Waals surface area contributed by atoms with Crippen molar-refractivity contribution in [1.82, 2.24) is 4.98 Å². The van der Waals surface area contributed by atoms with Gasteiger partial charge in [0.05, 0.1) is 11.6 Å². The highest BCUT2D eigenvalue weighted by molar-refractivity contribution is 9.10. The lowest BCUT2D eigenvalue weighted by Crippen LogP contribution is -2.14. The molecule has 104 valence electrons. The van der Waals surface area contributed by atoms with Gasteiger partial charge in [0, 0.05) is 16.2 Å². The fourth-order valence-electron chi connectivity index (χ4n) is 1.54. The highest BCUT2D eigenvalue weighted by Gasteiger charge is 2.14. The molecule has 0 aliphatic rings. The number of carbonyl (C=O) groups excluding carboxylic acids is 1. The van der Waals surface area contributed by atoms with E-state index in [4.69, 9.17) is 16.3 Å². The van der Waals surface area contributed by atoms with Gasteiger partial charge in [-0.05, 0) is 37.3 Å². The molecule has 0 saturated carbocycles. The van der Waals surface area contributed by atoms with Gasteiger partial charge in [0.2, 0.25) is 5.88 Å². The van der Waals surface area contributed by atoms with Crippen molar-refractivity contribution < 1.29 is 9.53 Å². The maximum atomic E-state index is 12.2. The third-order valence-corrected chi connectivity index (χ3v) is 3.26. The summed E-state index contributed by atoms with van der Waals surface area (Å²) in [4.78, 5) is 16.3. The van der Waals surface area contributed by atoms with E-state index in [2.05, 4.69) is 26.2 Å². The van der Waals surface area contributed by atoms with Crippen molar-refractivity contribution in [3.63, 3.8) is 0 Å². The Morgan fingerprint density at radius 3 is 2.65 bits per heavy atom. The van der Waals surface area contributed by atoms with Crippen LogP contribution in [0.5, 0.6) is 5.88 Å². The number of hydrogen-bond donors (Lipinski definition) is 1. The number of ether oxygens (including phenoxy) is 1. The van der Waals surface area contributed by atoms with Gasteiger partial charge in [-0.25, -0.2) is 4.98 Å². The largest absolute Gasteiger partial charge is 0.478 e. The first-order chi connectivity index (χ1) is 9.60. The molecule has 0 saturated heterocycles. The Balaban J connectivity index is 2.19. The Kier molecular flexibility index (Phi) is 4.98. The number of nitrogens with zero attached hydrogens (tertiary/aromatic N) is 1. The fourth-order valence-corrected chi connectivity index (χ4v) is 1.99. The SMILES string of the molecule is CCOc1ccc(Cl)c(C(=O)Nc2ccc(Br)cc2)n1. The van der Waals surface area contributed by atoms with E-state index in [0.29, 0.717) is 18.2 Å². The molecule has 20 heavy (non-hydrogen) atoms. The molecular weight excluding hydrogens is 344 g/mol. The van der Waals surface area contributed by atoms with Gasteiger partial charge in [0.25, 0.3) is 5.91 Å². The van der Waals surface area contributed by atoms with Crippen LogP contribution in [-0.4, -0.2) is 17.5 Å². The molecule has 0 bridgehead atoms. The zero-order chi connectivity index (χ0) is 14.5. The van der Waals surface area contributed by atoms with Gasteiger partial charge in [-0.1, -0.05) is 27.5 Å². The second-order valence-corrected chi connectivity index (χ2v) is 5.20. The van der Waals surface area contributed by atoms with Gasteiger partial charge in [0.15, 0.2) is 5.69 Å². The number of nitrogens with one attached hydrogen (secondary N) is 1. The number of halogens is 2. The standard InChI is InChI=1S/C14H12BrClN2O2/c1-2-20-12-8-7-11(16)13(18-12)14(19)17-10-5-3-9(15)4-6-10/h3-8H,2H2,1H3,(H,17,19). The first-order valence-electron chi connectivity index (χ1n) is 5.96. The summed E-state index contributed by atoms with van der Waals surface area (Å²) in [6.07, 6.45) is 0. The highest BCUT2D eigenvalue weighted by Crippen LogP contribution is 2.20. The lowest BCUT2D eigenvalue weighted by molar-refractivity contribution is 0.102. The van der Waals surface area contributed by atoms with Crippen molar-refractivity contribution in [2.45, 2.75) is 6.92 Å². The minimum absolute atomic E-state index is 0.139. The minimum Gasteiger partial charge on any atom is -0.478 e. The first kappa shape index (κ1) is 14.8. The lowest BCUT2D eigenvalue weighted by atomic mass is 10.3. The van der Waals surface area contributed by atoms with Crippen molar-refractivity contribution in [3.8, 4) is 5.88 Å². The van der Waals surface area contributed by atoms with Crippen LogP contribution in [0.4, 0.5) is 5.69 Å². The average Bonchev–Trinajstić information content (AvgIpc) is 2.43. The van der Waals surface area contributed by atoms with Crippen LogP contribution >= 0.6 is 27.5 Å². The Bertz CT molecular complexity index is 617. The molecule has 1 aromatic heterocycles. The molecule has 1 aromatic carbocycles. The van der Waals surface area contributed by atoms with Gasteiger partial charge in [0.1, 0.15) is 0 Å². The maximum absolute atomic E-state index is 12.2. The summed E-state index contributed by atoms with van der Waals surface area (Å²) in [5.74, 6) is -0.00303. The van der Waals surface area contributed by atoms with E-state index < -0.39 is 0 Å². The van der Waals surface area contributed by atoms with Crippen molar-refractivity contribution in [2.24, 2.45) is 0 Å². The summed E-state index contributed by atoms with van der Waals surface area (Å²) >= 11 is 9.33. The van der Waals surface area contributed by atoms with Gasteiger partial charge in [-0.15, -0.1) is 0 Å². The van der Waals surface area contributed by atoms with Crippen LogP contribution in [0.3, 0.4) is 0 Å². The second kappa shape index (κ2) is 6.72. The zero-order valence-corrected chi connectivity index (χ0v) is 13.0. The van der Waals surface area contributed by atoms with Crippen molar-refractivity contribution in [3.05, 3.63) is 51.6 Å². The fraction of sp³-hybridized carbons (Fsp3) is 0.143. The molecule has 0 unspecified atom stereocenters. The smallest absolute Gasteiger partial charge is 0.275 e. The summed E-state index contributed by atoms with van der Waals surface area (Å²) in [7, 11) is 0. The number of amides is 1.